The van der Waals surface area contributed by atoms with Gasteiger partial charge >= 0.3 is 0 Å². The molecule has 0 spiro atoms. The number of aromatic nitrogens is 2. The summed E-state index contributed by atoms with van der Waals surface area (Å²) >= 11 is 0. The number of hydrogen-bond donors (Lipinski definition) is 1. The van der Waals surface area contributed by atoms with Gasteiger partial charge in [0.25, 0.3) is 5.91 Å². The molecule has 1 atom stereocenters. The van der Waals surface area contributed by atoms with Crippen molar-refractivity contribution in [3.8, 4) is 11.4 Å². The molecule has 0 aliphatic carbocycles. The largest absolute Gasteiger partial charge is 0.349 e. The van der Waals surface area contributed by atoms with E-state index < -0.39 is 17.3 Å². The van der Waals surface area contributed by atoms with Crippen LogP contribution in [0, 0.1) is 18.6 Å². The van der Waals surface area contributed by atoms with Crippen molar-refractivity contribution in [2.75, 3.05) is 13.1 Å². The van der Waals surface area contributed by atoms with Crippen molar-refractivity contribution in [2.45, 2.75) is 38.1 Å². The second-order valence-corrected chi connectivity index (χ2v) is 9.85. The standard InChI is InChI=1S/C30H28F2N4O3/c1-19(23-4-3-5-26(32)18-23)33-29(38)30(24-10-12-25(31)13-11-24)14-16-36(17-15-30)28(37)22-8-6-21(7-9-22)27-34-20(2)39-35-27/h3-13,18-19H,14-17H2,1-2H3,(H,33,38). The Balaban J connectivity index is 1.33. The highest BCUT2D eigenvalue weighted by Crippen LogP contribution is 2.37. The summed E-state index contributed by atoms with van der Waals surface area (Å²) in [6.45, 7) is 4.18. The van der Waals surface area contributed by atoms with E-state index >= 15 is 0 Å². The van der Waals surface area contributed by atoms with Gasteiger partial charge in [0.2, 0.25) is 17.6 Å². The van der Waals surface area contributed by atoms with E-state index in [0.717, 1.165) is 5.56 Å². The molecular weight excluding hydrogens is 502 g/mol. The summed E-state index contributed by atoms with van der Waals surface area (Å²) in [7, 11) is 0. The van der Waals surface area contributed by atoms with Crippen molar-refractivity contribution in [3.05, 3.63) is 107 Å². The Morgan fingerprint density at radius 2 is 1.67 bits per heavy atom. The molecule has 1 aromatic heterocycles. The third-order valence-electron chi connectivity index (χ3n) is 7.35. The Kier molecular flexibility index (Phi) is 7.24. The Morgan fingerprint density at radius 1 is 0.974 bits per heavy atom. The van der Waals surface area contributed by atoms with E-state index in [9.17, 15) is 18.4 Å². The van der Waals surface area contributed by atoms with Crippen LogP contribution in [0.3, 0.4) is 0 Å². The van der Waals surface area contributed by atoms with Gasteiger partial charge in [-0.1, -0.05) is 41.6 Å². The number of rotatable bonds is 6. The Morgan fingerprint density at radius 3 is 2.28 bits per heavy atom. The summed E-state index contributed by atoms with van der Waals surface area (Å²) in [5, 5.41) is 6.92. The lowest BCUT2D eigenvalue weighted by atomic mass is 9.71. The van der Waals surface area contributed by atoms with Gasteiger partial charge in [0.05, 0.1) is 11.5 Å². The van der Waals surface area contributed by atoms with E-state index in [1.165, 1.54) is 24.3 Å². The molecular formula is C30H28F2N4O3. The van der Waals surface area contributed by atoms with Gasteiger partial charge in [-0.3, -0.25) is 9.59 Å². The number of carbonyl (C=O) groups excluding carboxylic acids is 2. The van der Waals surface area contributed by atoms with Crippen LogP contribution in [0.1, 0.15) is 53.2 Å². The molecule has 39 heavy (non-hydrogen) atoms. The zero-order valence-electron chi connectivity index (χ0n) is 21.7. The van der Waals surface area contributed by atoms with Crippen molar-refractivity contribution in [3.63, 3.8) is 0 Å². The number of nitrogens with one attached hydrogen (secondary N) is 1. The van der Waals surface area contributed by atoms with Gasteiger partial charge in [-0.05, 0) is 67.3 Å². The van der Waals surface area contributed by atoms with Crippen LogP contribution in [0.25, 0.3) is 11.4 Å². The number of piperidine rings is 1. The first-order chi connectivity index (χ1) is 18.7. The summed E-state index contributed by atoms with van der Waals surface area (Å²) in [6, 6.07) is 18.6. The summed E-state index contributed by atoms with van der Waals surface area (Å²) in [4.78, 5) is 33.0. The molecule has 0 radical (unpaired) electrons. The smallest absolute Gasteiger partial charge is 0.253 e. The lowest BCUT2D eigenvalue weighted by Crippen LogP contribution is -2.53. The van der Waals surface area contributed by atoms with E-state index in [2.05, 4.69) is 15.5 Å². The first-order valence-electron chi connectivity index (χ1n) is 12.8. The van der Waals surface area contributed by atoms with Gasteiger partial charge in [0.1, 0.15) is 11.6 Å². The van der Waals surface area contributed by atoms with Crippen molar-refractivity contribution < 1.29 is 22.9 Å². The average molecular weight is 531 g/mol. The van der Waals surface area contributed by atoms with Crippen LogP contribution in [0.4, 0.5) is 8.78 Å². The number of benzene rings is 3. The molecule has 200 valence electrons. The summed E-state index contributed by atoms with van der Waals surface area (Å²) in [5.74, 6) is -0.252. The summed E-state index contributed by atoms with van der Waals surface area (Å²) < 4.78 is 32.5. The predicted molar refractivity (Wildman–Crippen MR) is 141 cm³/mol. The number of halogens is 2. The molecule has 1 N–H and O–H groups in total. The Bertz CT molecular complexity index is 1480. The van der Waals surface area contributed by atoms with E-state index in [4.69, 9.17) is 4.52 Å². The van der Waals surface area contributed by atoms with Crippen molar-refractivity contribution in [2.24, 2.45) is 0 Å². The van der Waals surface area contributed by atoms with Gasteiger partial charge in [-0.2, -0.15) is 4.98 Å². The predicted octanol–water partition coefficient (Wildman–Crippen LogP) is 5.37. The minimum absolute atomic E-state index is 0.146. The maximum Gasteiger partial charge on any atom is 0.253 e. The SMILES string of the molecule is Cc1nc(-c2ccc(C(=O)N3CCC(C(=O)NC(C)c4cccc(F)c4)(c4ccc(F)cc4)CC3)cc2)no1. The molecule has 1 fully saturated rings. The molecule has 1 unspecified atom stereocenters. The lowest BCUT2D eigenvalue weighted by Gasteiger charge is -2.41. The number of hydrogen-bond acceptors (Lipinski definition) is 5. The summed E-state index contributed by atoms with van der Waals surface area (Å²) in [5.41, 5.74) is 1.61. The molecule has 1 aliphatic rings. The zero-order valence-corrected chi connectivity index (χ0v) is 21.7. The molecule has 1 saturated heterocycles. The fourth-order valence-corrected chi connectivity index (χ4v) is 5.06. The quantitative estimate of drug-likeness (QED) is 0.362. The fraction of sp³-hybridized carbons (Fsp3) is 0.267. The van der Waals surface area contributed by atoms with Crippen molar-refractivity contribution in [1.29, 1.82) is 0 Å². The number of aryl methyl sites for hydroxylation is 1. The van der Waals surface area contributed by atoms with E-state index in [1.54, 1.807) is 67.3 Å². The number of nitrogens with zero attached hydrogens (tertiary/aromatic N) is 3. The maximum atomic E-state index is 13.8. The average Bonchev–Trinajstić information content (AvgIpc) is 3.39. The van der Waals surface area contributed by atoms with Crippen LogP contribution in [0.15, 0.2) is 77.3 Å². The number of carbonyl (C=O) groups is 2. The third-order valence-corrected chi connectivity index (χ3v) is 7.35. The van der Waals surface area contributed by atoms with Crippen LogP contribution >= 0.6 is 0 Å². The minimum atomic E-state index is -0.966. The normalized spacial score (nSPS) is 15.5. The monoisotopic (exact) mass is 530 g/mol. The van der Waals surface area contributed by atoms with Crippen LogP contribution in [0.5, 0.6) is 0 Å². The summed E-state index contributed by atoms with van der Waals surface area (Å²) in [6.07, 6.45) is 0.707. The molecule has 2 heterocycles. The maximum absolute atomic E-state index is 13.8. The molecule has 9 heteroatoms. The molecule has 5 rings (SSSR count). The minimum Gasteiger partial charge on any atom is -0.349 e. The topological polar surface area (TPSA) is 88.3 Å². The van der Waals surface area contributed by atoms with Crippen molar-refractivity contribution in [1.82, 2.24) is 20.4 Å². The van der Waals surface area contributed by atoms with Gasteiger partial charge in [0, 0.05) is 31.1 Å². The lowest BCUT2D eigenvalue weighted by molar-refractivity contribution is -0.129. The van der Waals surface area contributed by atoms with Crippen LogP contribution in [0.2, 0.25) is 0 Å². The van der Waals surface area contributed by atoms with E-state index in [-0.39, 0.29) is 17.6 Å². The number of amides is 2. The molecule has 0 saturated carbocycles. The van der Waals surface area contributed by atoms with Crippen LogP contribution < -0.4 is 5.32 Å². The first-order valence-corrected chi connectivity index (χ1v) is 12.8. The number of likely N-dealkylation sites (tertiary alicyclic amines) is 1. The van der Waals surface area contributed by atoms with E-state index in [0.29, 0.717) is 54.3 Å². The second kappa shape index (κ2) is 10.8. The third kappa shape index (κ3) is 5.43. The fourth-order valence-electron chi connectivity index (χ4n) is 5.06. The molecule has 0 bridgehead atoms. The zero-order chi connectivity index (χ0) is 27.6. The van der Waals surface area contributed by atoms with Gasteiger partial charge in [0.15, 0.2) is 0 Å². The Hall–Kier alpha value is -4.40. The van der Waals surface area contributed by atoms with Crippen molar-refractivity contribution >= 4 is 11.8 Å². The molecule has 2 amide bonds. The van der Waals surface area contributed by atoms with Crippen LogP contribution in [-0.4, -0.2) is 39.9 Å². The Labute approximate surface area is 224 Å². The highest BCUT2D eigenvalue weighted by atomic mass is 19.1. The highest BCUT2D eigenvalue weighted by molar-refractivity contribution is 5.95. The van der Waals surface area contributed by atoms with Crippen LogP contribution in [-0.2, 0) is 10.2 Å². The first kappa shape index (κ1) is 26.2. The molecule has 7 nitrogen and oxygen atoms in total. The van der Waals surface area contributed by atoms with E-state index in [1.807, 2.05) is 0 Å². The molecule has 1 aliphatic heterocycles. The van der Waals surface area contributed by atoms with Gasteiger partial charge in [-0.25, -0.2) is 8.78 Å². The second-order valence-electron chi connectivity index (χ2n) is 9.85. The highest BCUT2D eigenvalue weighted by Gasteiger charge is 2.44. The molecule has 4 aromatic rings. The molecule has 3 aromatic carbocycles. The van der Waals surface area contributed by atoms with Gasteiger partial charge in [-0.15, -0.1) is 0 Å². The van der Waals surface area contributed by atoms with Gasteiger partial charge < -0.3 is 14.7 Å².